The van der Waals surface area contributed by atoms with Gasteiger partial charge in [0, 0.05) is 25.7 Å². The van der Waals surface area contributed by atoms with Crippen molar-refractivity contribution in [2.75, 3.05) is 26.8 Å². The molecule has 0 aliphatic heterocycles. The van der Waals surface area contributed by atoms with Crippen molar-refractivity contribution in [2.45, 2.75) is 46.1 Å². The Bertz CT molecular complexity index is 535. The number of nitrogens with one attached hydrogen (secondary N) is 3. The van der Waals surface area contributed by atoms with E-state index in [2.05, 4.69) is 43.3 Å². The van der Waals surface area contributed by atoms with Crippen LogP contribution in [-0.4, -0.2) is 50.9 Å². The Morgan fingerprint density at radius 2 is 1.81 bits per heavy atom. The van der Waals surface area contributed by atoms with Crippen LogP contribution in [0.3, 0.4) is 0 Å². The molecular formula is C18H31N3O5. The molecule has 0 aromatic rings. The summed E-state index contributed by atoms with van der Waals surface area (Å²) in [5, 5.41) is 8.29. The Morgan fingerprint density at radius 1 is 1.15 bits per heavy atom. The maximum atomic E-state index is 12.0. The van der Waals surface area contributed by atoms with E-state index in [0.29, 0.717) is 6.54 Å². The molecule has 0 heterocycles. The average Bonchev–Trinajstić information content (AvgIpc) is 2.54. The van der Waals surface area contributed by atoms with Gasteiger partial charge in [-0.1, -0.05) is 27.4 Å². The molecule has 148 valence electrons. The van der Waals surface area contributed by atoms with E-state index in [-0.39, 0.29) is 36.1 Å². The molecule has 0 bridgehead atoms. The molecule has 1 rings (SSSR count). The Balaban J connectivity index is 2.51. The van der Waals surface area contributed by atoms with Crippen LogP contribution in [0.5, 0.6) is 0 Å². The molecular weight excluding hydrogens is 338 g/mol. The van der Waals surface area contributed by atoms with Crippen LogP contribution in [0.1, 0.15) is 40.0 Å². The minimum atomic E-state index is -0.553. The van der Waals surface area contributed by atoms with Crippen LogP contribution in [0.25, 0.3) is 0 Å². The van der Waals surface area contributed by atoms with Gasteiger partial charge in [0.2, 0.25) is 0 Å². The molecule has 1 aliphatic carbocycles. The highest BCUT2D eigenvalue weighted by Crippen LogP contribution is 2.45. The SMILES string of the molecule is C=CC(=O)OCCOC(=O)NC1CC(C)(C)CC(C)(CNC(=O)NC)C1. The van der Waals surface area contributed by atoms with Gasteiger partial charge in [0.25, 0.3) is 0 Å². The number of carbonyl (C=O) groups excluding carboxylic acids is 3. The Hall–Kier alpha value is -2.25. The van der Waals surface area contributed by atoms with Gasteiger partial charge in [-0.15, -0.1) is 0 Å². The number of amides is 3. The first-order chi connectivity index (χ1) is 12.1. The monoisotopic (exact) mass is 369 g/mol. The van der Waals surface area contributed by atoms with Crippen molar-refractivity contribution in [3.05, 3.63) is 12.7 Å². The summed E-state index contributed by atoms with van der Waals surface area (Å²) in [4.78, 5) is 34.4. The maximum Gasteiger partial charge on any atom is 0.407 e. The molecule has 8 nitrogen and oxygen atoms in total. The third-order valence-corrected chi connectivity index (χ3v) is 4.40. The van der Waals surface area contributed by atoms with Crippen LogP contribution in [0.4, 0.5) is 9.59 Å². The highest BCUT2D eigenvalue weighted by Gasteiger charge is 2.42. The van der Waals surface area contributed by atoms with Crippen LogP contribution < -0.4 is 16.0 Å². The van der Waals surface area contributed by atoms with Crippen molar-refractivity contribution in [1.82, 2.24) is 16.0 Å². The second-order valence-corrected chi connectivity index (χ2v) is 7.84. The van der Waals surface area contributed by atoms with E-state index in [9.17, 15) is 14.4 Å². The molecule has 1 fully saturated rings. The number of rotatable bonds is 7. The molecule has 1 saturated carbocycles. The molecule has 0 radical (unpaired) electrons. The molecule has 3 amide bonds. The smallest absolute Gasteiger partial charge is 0.407 e. The van der Waals surface area contributed by atoms with Gasteiger partial charge in [-0.25, -0.2) is 14.4 Å². The molecule has 1 aliphatic rings. The fourth-order valence-corrected chi connectivity index (χ4v) is 3.80. The van der Waals surface area contributed by atoms with Gasteiger partial charge in [-0.3, -0.25) is 0 Å². The van der Waals surface area contributed by atoms with Crippen LogP contribution in [0, 0.1) is 10.8 Å². The zero-order valence-corrected chi connectivity index (χ0v) is 16.1. The summed E-state index contributed by atoms with van der Waals surface area (Å²) < 4.78 is 9.80. The number of urea groups is 1. The Labute approximate surface area is 155 Å². The topological polar surface area (TPSA) is 106 Å². The molecule has 3 N–H and O–H groups in total. The highest BCUT2D eigenvalue weighted by atomic mass is 16.6. The summed E-state index contributed by atoms with van der Waals surface area (Å²) in [6, 6.07) is -0.272. The van der Waals surface area contributed by atoms with Crippen molar-refractivity contribution in [1.29, 1.82) is 0 Å². The van der Waals surface area contributed by atoms with Crippen molar-refractivity contribution in [3.63, 3.8) is 0 Å². The van der Waals surface area contributed by atoms with E-state index >= 15 is 0 Å². The summed E-state index contributed by atoms with van der Waals surface area (Å²) in [7, 11) is 1.58. The summed E-state index contributed by atoms with van der Waals surface area (Å²) in [6.07, 6.45) is 3.01. The first kappa shape index (κ1) is 21.8. The lowest BCUT2D eigenvalue weighted by atomic mass is 9.62. The quantitative estimate of drug-likeness (QED) is 0.361. The zero-order valence-electron chi connectivity index (χ0n) is 16.1. The minimum absolute atomic E-state index is 0.0117. The number of carbonyl (C=O) groups is 3. The summed E-state index contributed by atoms with van der Waals surface area (Å²) >= 11 is 0. The third-order valence-electron chi connectivity index (χ3n) is 4.40. The van der Waals surface area contributed by atoms with E-state index in [1.165, 1.54) is 0 Å². The maximum absolute atomic E-state index is 12.0. The van der Waals surface area contributed by atoms with Gasteiger partial charge < -0.3 is 25.4 Å². The van der Waals surface area contributed by atoms with Crippen LogP contribution >= 0.6 is 0 Å². The van der Waals surface area contributed by atoms with E-state index < -0.39 is 12.1 Å². The summed E-state index contributed by atoms with van der Waals surface area (Å²) in [5.74, 6) is -0.553. The number of alkyl carbamates (subject to hydrolysis) is 1. The molecule has 26 heavy (non-hydrogen) atoms. The first-order valence-corrected chi connectivity index (χ1v) is 8.77. The van der Waals surface area contributed by atoms with Crippen LogP contribution in [0.15, 0.2) is 12.7 Å². The van der Waals surface area contributed by atoms with Gasteiger partial charge in [0.05, 0.1) is 0 Å². The Morgan fingerprint density at radius 3 is 2.42 bits per heavy atom. The first-order valence-electron chi connectivity index (χ1n) is 8.77. The van der Waals surface area contributed by atoms with Gasteiger partial charge >= 0.3 is 18.1 Å². The molecule has 8 heteroatoms. The van der Waals surface area contributed by atoms with Crippen molar-refractivity contribution >= 4 is 18.1 Å². The van der Waals surface area contributed by atoms with Gasteiger partial charge in [0.1, 0.15) is 13.2 Å². The van der Waals surface area contributed by atoms with E-state index in [0.717, 1.165) is 25.3 Å². The number of ether oxygens (including phenoxy) is 2. The van der Waals surface area contributed by atoms with Gasteiger partial charge in [-0.05, 0) is 30.1 Å². The van der Waals surface area contributed by atoms with Gasteiger partial charge in [-0.2, -0.15) is 0 Å². The lowest BCUT2D eigenvalue weighted by molar-refractivity contribution is -0.138. The predicted octanol–water partition coefficient (Wildman–Crippen LogP) is 1.96. The van der Waals surface area contributed by atoms with Crippen LogP contribution in [0.2, 0.25) is 0 Å². The average molecular weight is 369 g/mol. The number of hydrogen-bond acceptors (Lipinski definition) is 5. The fourth-order valence-electron chi connectivity index (χ4n) is 3.80. The largest absolute Gasteiger partial charge is 0.459 e. The van der Waals surface area contributed by atoms with E-state index in [1.807, 2.05) is 0 Å². The standard InChI is InChI=1S/C18H31N3O5/c1-6-14(22)25-7-8-26-16(24)21-13-9-17(2,3)11-18(4,10-13)12-20-15(23)19-5/h6,13H,1,7-12H2,2-5H3,(H,21,24)(H2,19,20,23). The molecule has 0 aromatic carbocycles. The molecule has 2 atom stereocenters. The third kappa shape index (κ3) is 7.76. The van der Waals surface area contributed by atoms with Crippen molar-refractivity contribution in [3.8, 4) is 0 Å². The van der Waals surface area contributed by atoms with Gasteiger partial charge in [0.15, 0.2) is 0 Å². The second-order valence-electron chi connectivity index (χ2n) is 7.84. The van der Waals surface area contributed by atoms with Crippen molar-refractivity contribution in [2.24, 2.45) is 10.8 Å². The second kappa shape index (κ2) is 9.45. The number of esters is 1. The minimum Gasteiger partial charge on any atom is -0.459 e. The molecule has 0 spiro atoms. The fraction of sp³-hybridized carbons (Fsp3) is 0.722. The predicted molar refractivity (Wildman–Crippen MR) is 97.6 cm³/mol. The Kier molecular flexibility index (Phi) is 7.92. The highest BCUT2D eigenvalue weighted by molar-refractivity contribution is 5.81. The van der Waals surface area contributed by atoms with E-state index in [1.54, 1.807) is 7.05 Å². The van der Waals surface area contributed by atoms with Crippen LogP contribution in [-0.2, 0) is 14.3 Å². The lowest BCUT2D eigenvalue weighted by Gasteiger charge is -2.46. The normalized spacial score (nSPS) is 24.1. The summed E-state index contributed by atoms with van der Waals surface area (Å²) in [5.41, 5.74) is -0.111. The zero-order chi connectivity index (χ0) is 19.8. The molecule has 0 saturated heterocycles. The van der Waals surface area contributed by atoms with Crippen molar-refractivity contribution < 1.29 is 23.9 Å². The molecule has 0 aromatic heterocycles. The lowest BCUT2D eigenvalue weighted by Crippen LogP contribution is -2.51. The summed E-state index contributed by atoms with van der Waals surface area (Å²) in [6.45, 7) is 10.2. The van der Waals surface area contributed by atoms with E-state index in [4.69, 9.17) is 9.47 Å². The number of hydrogen-bond donors (Lipinski definition) is 3. The molecule has 2 unspecified atom stereocenters.